The highest BCUT2D eigenvalue weighted by Crippen LogP contribution is 2.22. The van der Waals surface area contributed by atoms with E-state index in [1.165, 1.54) is 13.8 Å². The molecule has 18 nitrogen and oxygen atoms in total. The molecule has 0 saturated carbocycles. The van der Waals surface area contributed by atoms with Crippen LogP contribution in [0.5, 0.6) is 0 Å². The number of ketones is 1. The number of carbonyl (C=O) groups is 4. The molecule has 2 rings (SSSR count). The number of rotatable bonds is 18. The quantitative estimate of drug-likeness (QED) is 0.0620. The maximum Gasteiger partial charge on any atom is 0.243 e. The van der Waals surface area contributed by atoms with Gasteiger partial charge in [-0.2, -0.15) is 0 Å². The molecule has 0 radical (unpaired) electrons. The molecule has 0 aromatic rings. The Morgan fingerprint density at radius 2 is 1.29 bits per heavy atom. The van der Waals surface area contributed by atoms with E-state index in [2.05, 4.69) is 16.0 Å². The van der Waals surface area contributed by atoms with Crippen LogP contribution in [0, 0.1) is 0 Å². The average molecular weight is 654 g/mol. The summed E-state index contributed by atoms with van der Waals surface area (Å²) in [6, 6.07) is -1.31. The third-order valence-electron chi connectivity index (χ3n) is 7.27. The highest BCUT2D eigenvalue weighted by Gasteiger charge is 2.44. The third kappa shape index (κ3) is 12.4. The summed E-state index contributed by atoms with van der Waals surface area (Å²) in [6.45, 7) is 1.62. The summed E-state index contributed by atoms with van der Waals surface area (Å²) in [7, 11) is 0. The lowest BCUT2D eigenvalue weighted by Gasteiger charge is -2.39. The van der Waals surface area contributed by atoms with Crippen LogP contribution in [-0.2, 0) is 38.1 Å². The first kappa shape index (κ1) is 38.8. The van der Waals surface area contributed by atoms with E-state index in [1.807, 2.05) is 0 Å². The van der Waals surface area contributed by atoms with Gasteiger partial charge in [-0.25, -0.2) is 0 Å². The maximum absolute atomic E-state index is 12.9. The fraction of sp³-hybridized carbons (Fsp3) is 0.852. The summed E-state index contributed by atoms with van der Waals surface area (Å²) in [5.41, 5.74) is 0. The van der Waals surface area contributed by atoms with Crippen LogP contribution in [0.4, 0.5) is 0 Å². The lowest BCUT2D eigenvalue weighted by Crippen LogP contribution is -2.59. The zero-order valence-electron chi connectivity index (χ0n) is 25.3. The van der Waals surface area contributed by atoms with Crippen molar-refractivity contribution in [3.8, 4) is 0 Å². The van der Waals surface area contributed by atoms with Crippen LogP contribution in [0.3, 0.4) is 0 Å². The van der Waals surface area contributed by atoms with Crippen LogP contribution in [0.15, 0.2) is 0 Å². The topological polar surface area (TPSA) is 283 Å². The van der Waals surface area contributed by atoms with E-state index >= 15 is 0 Å². The van der Waals surface area contributed by atoms with Crippen molar-refractivity contribution in [2.24, 2.45) is 0 Å². The number of carbonyl (C=O) groups excluding carboxylic acids is 4. The first-order valence-electron chi connectivity index (χ1n) is 14.8. The predicted molar refractivity (Wildman–Crippen MR) is 150 cm³/mol. The number of aliphatic hydroxyl groups excluding tert-OH is 7. The van der Waals surface area contributed by atoms with Gasteiger partial charge in [-0.3, -0.25) is 14.4 Å². The molecule has 260 valence electrons. The normalized spacial score (nSPS) is 32.4. The van der Waals surface area contributed by atoms with Gasteiger partial charge in [-0.15, -0.1) is 0 Å². The SMILES string of the molecule is CC(=O)CCCCC(=O)N[C@@H](CC(=O)NCCO[C@@H]1O[C@@H](C)[C@@H](O)[C@@H](O)[C@@H]1O)C(=O)NCCO[C@H]1O[C@H](CO)[C@@H](O)[C@H](O)[C@@H]1O. The molecule has 45 heavy (non-hydrogen) atoms. The molecule has 11 atom stereocenters. The van der Waals surface area contributed by atoms with E-state index in [0.29, 0.717) is 19.3 Å². The van der Waals surface area contributed by atoms with Crippen LogP contribution in [-0.4, -0.2) is 160 Å². The van der Waals surface area contributed by atoms with E-state index in [-0.39, 0.29) is 38.5 Å². The summed E-state index contributed by atoms with van der Waals surface area (Å²) in [5, 5.41) is 76.2. The molecule has 0 aromatic heterocycles. The summed E-state index contributed by atoms with van der Waals surface area (Å²) in [6.07, 6.45) is -13.1. The van der Waals surface area contributed by atoms with Crippen molar-refractivity contribution in [1.82, 2.24) is 16.0 Å². The van der Waals surface area contributed by atoms with Gasteiger partial charge in [-0.05, 0) is 26.7 Å². The number of Topliss-reactive ketones (excluding diaryl/α,β-unsaturated/α-hetero) is 1. The highest BCUT2D eigenvalue weighted by atomic mass is 16.7. The number of ether oxygens (including phenoxy) is 4. The first-order valence-corrected chi connectivity index (χ1v) is 14.8. The Hall–Kier alpha value is -2.36. The molecular weight excluding hydrogens is 606 g/mol. The number of hydrogen-bond donors (Lipinski definition) is 10. The van der Waals surface area contributed by atoms with Crippen LogP contribution in [0.25, 0.3) is 0 Å². The third-order valence-corrected chi connectivity index (χ3v) is 7.27. The second kappa shape index (κ2) is 19.3. The van der Waals surface area contributed by atoms with Gasteiger partial charge >= 0.3 is 0 Å². The van der Waals surface area contributed by atoms with Gasteiger partial charge in [0.1, 0.15) is 54.6 Å². The van der Waals surface area contributed by atoms with Gasteiger partial charge in [0.2, 0.25) is 17.7 Å². The van der Waals surface area contributed by atoms with Crippen molar-refractivity contribution in [1.29, 1.82) is 0 Å². The van der Waals surface area contributed by atoms with Gasteiger partial charge in [0.25, 0.3) is 0 Å². The predicted octanol–water partition coefficient (Wildman–Crippen LogP) is -5.10. The minimum absolute atomic E-state index is 0.00935. The smallest absolute Gasteiger partial charge is 0.243 e. The summed E-state index contributed by atoms with van der Waals surface area (Å²) < 4.78 is 21.2. The van der Waals surface area contributed by atoms with Crippen LogP contribution in [0.2, 0.25) is 0 Å². The van der Waals surface area contributed by atoms with E-state index in [4.69, 9.17) is 18.9 Å². The van der Waals surface area contributed by atoms with Gasteiger partial charge in [0.15, 0.2) is 12.6 Å². The zero-order valence-corrected chi connectivity index (χ0v) is 25.3. The second-order valence-electron chi connectivity index (χ2n) is 11.0. The Kier molecular flexibility index (Phi) is 16.7. The van der Waals surface area contributed by atoms with E-state index in [1.54, 1.807) is 0 Å². The lowest BCUT2D eigenvalue weighted by atomic mass is 9.99. The van der Waals surface area contributed by atoms with Crippen molar-refractivity contribution in [2.75, 3.05) is 32.9 Å². The summed E-state index contributed by atoms with van der Waals surface area (Å²) in [5.74, 6) is -1.92. The Morgan fingerprint density at radius 1 is 0.733 bits per heavy atom. The molecule has 18 heteroatoms. The average Bonchev–Trinajstić information content (AvgIpc) is 3.00. The molecule has 0 bridgehead atoms. The zero-order chi connectivity index (χ0) is 33.7. The van der Waals surface area contributed by atoms with Gasteiger partial charge in [0.05, 0.1) is 32.3 Å². The maximum atomic E-state index is 12.9. The van der Waals surface area contributed by atoms with Gasteiger partial charge in [-0.1, -0.05) is 0 Å². The number of hydrogen-bond acceptors (Lipinski definition) is 15. The number of amides is 3. The molecule has 0 aliphatic carbocycles. The molecular formula is C27H47N3O15. The number of unbranched alkanes of at least 4 members (excludes halogenated alkanes) is 1. The van der Waals surface area contributed by atoms with Crippen molar-refractivity contribution in [2.45, 2.75) is 113 Å². The molecule has 0 spiro atoms. The van der Waals surface area contributed by atoms with Gasteiger partial charge < -0.3 is 75.4 Å². The van der Waals surface area contributed by atoms with Crippen molar-refractivity contribution < 1.29 is 73.9 Å². The molecule has 2 saturated heterocycles. The monoisotopic (exact) mass is 653 g/mol. The highest BCUT2D eigenvalue weighted by molar-refractivity contribution is 5.92. The standard InChI is InChI=1S/C27H47N3O15/c1-13(32)5-3-4-6-17(33)30-15(11-18(34)28-7-9-42-26-23(39)21(37)19(35)14(2)44-26)25(41)29-8-10-43-27-24(40)22(38)20(36)16(12-31)45-27/h14-16,19-24,26-27,31,35-40H,3-12H2,1-2H3,(H,28,34)(H,29,41)(H,30,33)/t14-,15-,16+,19+,20+,21+,22-,23-,24-,26+,27-/m0/s1. The van der Waals surface area contributed by atoms with E-state index in [0.717, 1.165) is 0 Å². The summed E-state index contributed by atoms with van der Waals surface area (Å²) in [4.78, 5) is 49.1. The van der Waals surface area contributed by atoms with Gasteiger partial charge in [0, 0.05) is 25.9 Å². The largest absolute Gasteiger partial charge is 0.394 e. The molecule has 2 heterocycles. The Morgan fingerprint density at radius 3 is 1.89 bits per heavy atom. The van der Waals surface area contributed by atoms with Crippen molar-refractivity contribution in [3.05, 3.63) is 0 Å². The lowest BCUT2D eigenvalue weighted by molar-refractivity contribution is -0.300. The molecule has 10 N–H and O–H groups in total. The Bertz CT molecular complexity index is 956. The molecule has 0 unspecified atom stereocenters. The Labute approximate surface area is 260 Å². The summed E-state index contributed by atoms with van der Waals surface area (Å²) >= 11 is 0. The van der Waals surface area contributed by atoms with E-state index < -0.39 is 98.2 Å². The molecule has 2 aliphatic rings. The molecule has 2 fully saturated rings. The fourth-order valence-electron chi connectivity index (χ4n) is 4.59. The molecule has 2 aliphatic heterocycles. The van der Waals surface area contributed by atoms with Crippen LogP contribution >= 0.6 is 0 Å². The molecule has 3 amide bonds. The van der Waals surface area contributed by atoms with Crippen LogP contribution < -0.4 is 16.0 Å². The minimum atomic E-state index is -1.64. The van der Waals surface area contributed by atoms with Crippen molar-refractivity contribution in [3.63, 3.8) is 0 Å². The number of aliphatic hydroxyl groups is 7. The van der Waals surface area contributed by atoms with Crippen molar-refractivity contribution >= 4 is 23.5 Å². The molecule has 0 aromatic carbocycles. The minimum Gasteiger partial charge on any atom is -0.394 e. The van der Waals surface area contributed by atoms with E-state index in [9.17, 15) is 54.9 Å². The second-order valence-corrected chi connectivity index (χ2v) is 11.0. The first-order chi connectivity index (χ1) is 21.3. The van der Waals surface area contributed by atoms with Crippen LogP contribution in [0.1, 0.15) is 46.0 Å². The fourth-order valence-corrected chi connectivity index (χ4v) is 4.59. The Balaban J connectivity index is 1.86. The number of nitrogens with one attached hydrogen (secondary N) is 3.